The number of esters is 6. The van der Waals surface area contributed by atoms with Gasteiger partial charge in [-0.15, -0.1) is 0 Å². The Labute approximate surface area is 467 Å². The van der Waals surface area contributed by atoms with Crippen LogP contribution >= 0.6 is 0 Å². The predicted molar refractivity (Wildman–Crippen MR) is 305 cm³/mol. The summed E-state index contributed by atoms with van der Waals surface area (Å²) in [4.78, 5) is 74.3. The van der Waals surface area contributed by atoms with Gasteiger partial charge in [-0.3, -0.25) is 0 Å². The topological polar surface area (TPSA) is 185 Å². The number of carbonyl (C=O) groups is 6. The third-order valence-electron chi connectivity index (χ3n) is 12.6. The molecule has 0 amide bonds. The second-order valence-electron chi connectivity index (χ2n) is 18.7. The van der Waals surface area contributed by atoms with E-state index < -0.39 is 35.8 Å². The normalized spacial score (nSPS) is 10.8. The molecule has 15 heteroatoms. The van der Waals surface area contributed by atoms with Crippen LogP contribution in [-0.2, 0) is 35.0 Å². The Bertz CT molecular complexity index is 3100. The van der Waals surface area contributed by atoms with Crippen molar-refractivity contribution in [3.8, 4) is 34.5 Å². The Hall–Kier alpha value is -8.72. The number of hydrogen-bond acceptors (Lipinski definition) is 15. The van der Waals surface area contributed by atoms with Gasteiger partial charge in [-0.25, -0.2) is 28.8 Å². The van der Waals surface area contributed by atoms with Gasteiger partial charge in [0.25, 0.3) is 0 Å². The van der Waals surface area contributed by atoms with Gasteiger partial charge in [0.1, 0.15) is 23.0 Å². The number of ether oxygens (including phenoxy) is 9. The number of hydrogen-bond donors (Lipinski definition) is 0. The van der Waals surface area contributed by atoms with Gasteiger partial charge in [0.15, 0.2) is 11.5 Å². The van der Waals surface area contributed by atoms with Crippen LogP contribution in [0.1, 0.15) is 127 Å². The van der Waals surface area contributed by atoms with Gasteiger partial charge in [-0.2, -0.15) is 0 Å². The van der Waals surface area contributed by atoms with Crippen molar-refractivity contribution in [3.63, 3.8) is 0 Å². The van der Waals surface area contributed by atoms with Gasteiger partial charge < -0.3 is 42.6 Å². The summed E-state index contributed by atoms with van der Waals surface area (Å²) in [5, 5.41) is 3.20. The summed E-state index contributed by atoms with van der Waals surface area (Å²) < 4.78 is 50.9. The van der Waals surface area contributed by atoms with Crippen molar-refractivity contribution >= 4 is 57.4 Å². The molecule has 0 aliphatic carbocycles. The third-order valence-corrected chi connectivity index (χ3v) is 12.6. The molecule has 0 aromatic heterocycles. The summed E-state index contributed by atoms with van der Waals surface area (Å²) in [7, 11) is 0. The first-order chi connectivity index (χ1) is 39.0. The number of fused-ring (bicyclic) bond motifs is 2. The molecule has 0 radical (unpaired) electrons. The van der Waals surface area contributed by atoms with Gasteiger partial charge >= 0.3 is 35.8 Å². The van der Waals surface area contributed by atoms with E-state index in [-0.39, 0.29) is 5.56 Å². The molecular formula is C65H70O15. The lowest BCUT2D eigenvalue weighted by Gasteiger charge is -2.14. The van der Waals surface area contributed by atoms with Crippen molar-refractivity contribution in [2.75, 3.05) is 39.6 Å². The van der Waals surface area contributed by atoms with E-state index in [9.17, 15) is 28.8 Å². The zero-order valence-corrected chi connectivity index (χ0v) is 45.5. The van der Waals surface area contributed by atoms with Crippen molar-refractivity contribution in [1.82, 2.24) is 0 Å². The Kier molecular flexibility index (Phi) is 24.9. The number of unbranched alkanes of at least 4 members (excludes halogenated alkanes) is 9. The van der Waals surface area contributed by atoms with Crippen LogP contribution in [0.3, 0.4) is 0 Å². The van der Waals surface area contributed by atoms with Crippen LogP contribution in [0.15, 0.2) is 147 Å². The number of aryl methyl sites for hydroxylation is 1. The molecule has 80 heavy (non-hydrogen) atoms. The standard InChI is InChI=1S/C65H70O15/c1-5-21-50-44-56(79-63(69)51-24-22-48-42-54(29-26-46(48)40-51)72-34-15-9-12-18-37-75-60(66)6-2)31-33-57(50)80-65(71)52-25-23-49-43-55(30-27-47(49)41-52)78-64(70)53-28-32-58(73-35-16-10-13-19-38-76-61(67)7-3)59(45-53)74-36-17-11-14-20-39-77-62(68)8-4/h6-8,22-33,40-45H,2-5,9-21,34-39H2,1H3. The molecule has 6 aromatic carbocycles. The fourth-order valence-electron chi connectivity index (χ4n) is 8.32. The molecule has 0 saturated heterocycles. The Morgan fingerprint density at radius 2 is 0.738 bits per heavy atom. The zero-order valence-electron chi connectivity index (χ0n) is 45.5. The summed E-state index contributed by atoms with van der Waals surface area (Å²) in [6.45, 7) is 14.6. The first-order valence-electron chi connectivity index (χ1n) is 27.2. The van der Waals surface area contributed by atoms with Gasteiger partial charge in [0, 0.05) is 18.2 Å². The molecule has 0 atom stereocenters. The molecule has 6 aromatic rings. The maximum absolute atomic E-state index is 13.6. The van der Waals surface area contributed by atoms with Crippen molar-refractivity contribution in [2.24, 2.45) is 0 Å². The van der Waals surface area contributed by atoms with E-state index in [2.05, 4.69) is 19.7 Å². The smallest absolute Gasteiger partial charge is 0.343 e. The summed E-state index contributed by atoms with van der Waals surface area (Å²) in [5.74, 6) is -0.421. The van der Waals surface area contributed by atoms with E-state index in [1.165, 1.54) is 0 Å². The van der Waals surface area contributed by atoms with E-state index >= 15 is 0 Å². The van der Waals surface area contributed by atoms with Crippen LogP contribution in [0.2, 0.25) is 0 Å². The minimum atomic E-state index is -0.603. The molecule has 420 valence electrons. The van der Waals surface area contributed by atoms with Crippen LogP contribution < -0.4 is 28.4 Å². The van der Waals surface area contributed by atoms with Crippen LogP contribution in [0.25, 0.3) is 21.5 Å². The van der Waals surface area contributed by atoms with E-state index in [0.717, 1.165) is 117 Å². The SMILES string of the molecule is C=CC(=O)OCCCCCCOc1ccc2cc(C(=O)Oc3ccc(OC(=O)c4ccc5cc(OC(=O)c6ccc(OCCCCCCOC(=O)C=C)c(OCCCCCCOC(=O)C=C)c6)ccc5c4)c(CCC)c3)ccc2c1. The summed E-state index contributed by atoms with van der Waals surface area (Å²) >= 11 is 0. The lowest BCUT2D eigenvalue weighted by molar-refractivity contribution is -0.138. The van der Waals surface area contributed by atoms with Crippen LogP contribution in [0.5, 0.6) is 34.5 Å². The lowest BCUT2D eigenvalue weighted by atomic mass is 10.1. The van der Waals surface area contributed by atoms with E-state index in [1.807, 2.05) is 31.2 Å². The second kappa shape index (κ2) is 32.9. The van der Waals surface area contributed by atoms with Crippen LogP contribution in [0, 0.1) is 0 Å². The Morgan fingerprint density at radius 3 is 1.25 bits per heavy atom. The maximum Gasteiger partial charge on any atom is 0.343 e. The van der Waals surface area contributed by atoms with Gasteiger partial charge in [-0.1, -0.05) is 57.3 Å². The van der Waals surface area contributed by atoms with Crippen LogP contribution in [-0.4, -0.2) is 75.5 Å². The summed E-state index contributed by atoms with van der Waals surface area (Å²) in [5.41, 5.74) is 1.64. The molecule has 0 unspecified atom stereocenters. The monoisotopic (exact) mass is 1090 g/mol. The molecule has 0 fully saturated rings. The Balaban J connectivity index is 1.01. The molecule has 0 heterocycles. The first kappa shape index (κ1) is 60.5. The molecule has 6 rings (SSSR count). The predicted octanol–water partition coefficient (Wildman–Crippen LogP) is 13.6. The second-order valence-corrected chi connectivity index (χ2v) is 18.7. The summed E-state index contributed by atoms with van der Waals surface area (Å²) in [6, 6.07) is 31.1. The van der Waals surface area contributed by atoms with Crippen LogP contribution in [0.4, 0.5) is 0 Å². The fraction of sp³-hybridized carbons (Fsp3) is 0.323. The minimum absolute atomic E-state index is 0.256. The van der Waals surface area contributed by atoms with Crippen molar-refractivity contribution in [2.45, 2.75) is 96.8 Å². The van der Waals surface area contributed by atoms with Gasteiger partial charge in [-0.05, 0) is 196 Å². The average molecular weight is 1090 g/mol. The summed E-state index contributed by atoms with van der Waals surface area (Å²) in [6.07, 6.45) is 14.6. The highest BCUT2D eigenvalue weighted by molar-refractivity contribution is 5.98. The van der Waals surface area contributed by atoms with Crippen molar-refractivity contribution in [1.29, 1.82) is 0 Å². The minimum Gasteiger partial charge on any atom is -0.494 e. The number of carbonyl (C=O) groups excluding carboxylic acids is 6. The largest absolute Gasteiger partial charge is 0.494 e. The first-order valence-corrected chi connectivity index (χ1v) is 27.2. The Morgan fingerprint density at radius 1 is 0.362 bits per heavy atom. The highest BCUT2D eigenvalue weighted by Gasteiger charge is 2.18. The molecule has 15 nitrogen and oxygen atoms in total. The number of rotatable bonds is 35. The quantitative estimate of drug-likeness (QED) is 0.0120. The van der Waals surface area contributed by atoms with E-state index in [0.29, 0.717) is 103 Å². The van der Waals surface area contributed by atoms with Gasteiger partial charge in [0.05, 0.1) is 56.3 Å². The molecule has 0 aliphatic rings. The number of benzene rings is 6. The van der Waals surface area contributed by atoms with Crippen molar-refractivity contribution < 1.29 is 71.4 Å². The third kappa shape index (κ3) is 19.9. The zero-order chi connectivity index (χ0) is 56.9. The van der Waals surface area contributed by atoms with E-state index in [4.69, 9.17) is 42.6 Å². The molecular weight excluding hydrogens is 1020 g/mol. The van der Waals surface area contributed by atoms with Gasteiger partial charge in [0.2, 0.25) is 0 Å². The fourth-order valence-corrected chi connectivity index (χ4v) is 8.32. The highest BCUT2D eigenvalue weighted by atomic mass is 16.6. The molecule has 0 bridgehead atoms. The maximum atomic E-state index is 13.6. The molecule has 0 saturated carbocycles. The molecule has 0 spiro atoms. The molecule has 0 N–H and O–H groups in total. The highest BCUT2D eigenvalue weighted by Crippen LogP contribution is 2.32. The van der Waals surface area contributed by atoms with E-state index in [1.54, 1.807) is 84.9 Å². The molecule has 0 aliphatic heterocycles. The average Bonchev–Trinajstić information content (AvgIpc) is 3.47. The lowest BCUT2D eigenvalue weighted by Crippen LogP contribution is -2.11. The van der Waals surface area contributed by atoms with Crippen molar-refractivity contribution in [3.05, 3.63) is 169 Å².